The van der Waals surface area contributed by atoms with Crippen LogP contribution in [-0.4, -0.2) is 23.8 Å². The maximum absolute atomic E-state index is 12.0. The highest BCUT2D eigenvalue weighted by atomic mass is 16.2. The second-order valence-electron chi connectivity index (χ2n) is 5.62. The van der Waals surface area contributed by atoms with Gasteiger partial charge in [0.25, 0.3) is 0 Å². The predicted octanol–water partition coefficient (Wildman–Crippen LogP) is 1.28. The lowest BCUT2D eigenvalue weighted by Gasteiger charge is -2.27. The van der Waals surface area contributed by atoms with E-state index in [-0.39, 0.29) is 23.7 Å². The van der Waals surface area contributed by atoms with Crippen molar-refractivity contribution in [1.29, 1.82) is 0 Å². The molecule has 3 aliphatic rings. The Kier molecular flexibility index (Phi) is 1.77. The molecule has 2 bridgehead atoms. The number of imide groups is 1. The molecule has 0 spiro atoms. The van der Waals surface area contributed by atoms with E-state index in [4.69, 9.17) is 0 Å². The highest BCUT2D eigenvalue weighted by Crippen LogP contribution is 2.55. The molecule has 2 amide bonds. The average molecular weight is 207 g/mol. The second-order valence-corrected chi connectivity index (χ2v) is 5.62. The van der Waals surface area contributed by atoms with Gasteiger partial charge in [-0.05, 0) is 37.0 Å². The molecule has 15 heavy (non-hydrogen) atoms. The standard InChI is InChI=1S/C12H17NO2/c1-6-3-7-5-8(4-6)10-9(7)11(14)13(2)12(10)15/h6-10H,3-5H2,1-2H3. The molecule has 3 fully saturated rings. The normalized spacial score (nSPS) is 48.7. The monoisotopic (exact) mass is 207 g/mol. The first kappa shape index (κ1) is 9.37. The molecule has 1 saturated heterocycles. The molecule has 4 unspecified atom stereocenters. The molecule has 0 radical (unpaired) electrons. The molecular weight excluding hydrogens is 190 g/mol. The zero-order chi connectivity index (χ0) is 10.7. The Morgan fingerprint density at radius 2 is 1.47 bits per heavy atom. The zero-order valence-corrected chi connectivity index (χ0v) is 9.27. The summed E-state index contributed by atoms with van der Waals surface area (Å²) in [6.45, 7) is 2.25. The van der Waals surface area contributed by atoms with Crippen LogP contribution in [0.15, 0.2) is 0 Å². The highest BCUT2D eigenvalue weighted by molar-refractivity contribution is 6.05. The fraction of sp³-hybridized carbons (Fsp3) is 0.833. The van der Waals surface area contributed by atoms with E-state index in [0.29, 0.717) is 17.8 Å². The maximum atomic E-state index is 12.0. The van der Waals surface area contributed by atoms with E-state index in [1.165, 1.54) is 4.90 Å². The first-order valence-corrected chi connectivity index (χ1v) is 5.91. The van der Waals surface area contributed by atoms with Crippen LogP contribution in [0.4, 0.5) is 0 Å². The van der Waals surface area contributed by atoms with Crippen molar-refractivity contribution in [3.05, 3.63) is 0 Å². The molecule has 2 aliphatic carbocycles. The van der Waals surface area contributed by atoms with Crippen molar-refractivity contribution in [3.8, 4) is 0 Å². The Bertz CT molecular complexity index is 309. The summed E-state index contributed by atoms with van der Waals surface area (Å²) in [6, 6.07) is 0. The lowest BCUT2D eigenvalue weighted by atomic mass is 9.80. The van der Waals surface area contributed by atoms with Crippen molar-refractivity contribution >= 4 is 11.8 Å². The lowest BCUT2D eigenvalue weighted by molar-refractivity contribution is -0.139. The Balaban J connectivity index is 1.98. The van der Waals surface area contributed by atoms with Gasteiger partial charge in [0.05, 0.1) is 11.8 Å². The minimum atomic E-state index is 0.0393. The van der Waals surface area contributed by atoms with Crippen molar-refractivity contribution in [2.24, 2.45) is 29.6 Å². The van der Waals surface area contributed by atoms with Crippen LogP contribution in [-0.2, 0) is 9.59 Å². The predicted molar refractivity (Wildman–Crippen MR) is 54.8 cm³/mol. The van der Waals surface area contributed by atoms with Crippen LogP contribution in [0.25, 0.3) is 0 Å². The summed E-state index contributed by atoms with van der Waals surface area (Å²) in [4.78, 5) is 25.3. The Labute approximate surface area is 89.8 Å². The van der Waals surface area contributed by atoms with E-state index in [1.807, 2.05) is 0 Å². The van der Waals surface area contributed by atoms with Crippen molar-refractivity contribution in [2.45, 2.75) is 26.2 Å². The minimum absolute atomic E-state index is 0.0393. The van der Waals surface area contributed by atoms with Gasteiger partial charge in [0.2, 0.25) is 11.8 Å². The third-order valence-electron chi connectivity index (χ3n) is 4.65. The molecule has 0 aromatic heterocycles. The summed E-state index contributed by atoms with van der Waals surface area (Å²) in [6.07, 6.45) is 3.40. The quantitative estimate of drug-likeness (QED) is 0.561. The molecule has 2 saturated carbocycles. The van der Waals surface area contributed by atoms with Gasteiger partial charge in [0, 0.05) is 7.05 Å². The van der Waals surface area contributed by atoms with E-state index < -0.39 is 0 Å². The van der Waals surface area contributed by atoms with Gasteiger partial charge in [-0.1, -0.05) is 6.92 Å². The number of rotatable bonds is 0. The van der Waals surface area contributed by atoms with Crippen molar-refractivity contribution in [3.63, 3.8) is 0 Å². The van der Waals surface area contributed by atoms with Crippen molar-refractivity contribution < 1.29 is 9.59 Å². The van der Waals surface area contributed by atoms with Gasteiger partial charge in [-0.3, -0.25) is 14.5 Å². The number of hydrogen-bond acceptors (Lipinski definition) is 2. The van der Waals surface area contributed by atoms with Gasteiger partial charge in [0.15, 0.2) is 0 Å². The van der Waals surface area contributed by atoms with E-state index in [0.717, 1.165) is 19.3 Å². The maximum Gasteiger partial charge on any atom is 0.233 e. The molecule has 0 aromatic rings. The number of nitrogens with zero attached hydrogens (tertiary/aromatic N) is 1. The lowest BCUT2D eigenvalue weighted by Crippen LogP contribution is -2.31. The van der Waals surface area contributed by atoms with Crippen LogP contribution in [0.2, 0.25) is 0 Å². The van der Waals surface area contributed by atoms with Crippen molar-refractivity contribution in [1.82, 2.24) is 4.90 Å². The Morgan fingerprint density at radius 1 is 1.00 bits per heavy atom. The van der Waals surface area contributed by atoms with Gasteiger partial charge in [0.1, 0.15) is 0 Å². The highest BCUT2D eigenvalue weighted by Gasteiger charge is 2.59. The molecule has 0 aromatic carbocycles. The fourth-order valence-corrected chi connectivity index (χ4v) is 4.15. The summed E-state index contributed by atoms with van der Waals surface area (Å²) in [7, 11) is 1.64. The van der Waals surface area contributed by atoms with Crippen molar-refractivity contribution in [2.75, 3.05) is 7.05 Å². The number of carbonyl (C=O) groups excluding carboxylic acids is 2. The van der Waals surface area contributed by atoms with Gasteiger partial charge < -0.3 is 0 Å². The number of fused-ring (bicyclic) bond motifs is 5. The second kappa shape index (κ2) is 2.83. The molecule has 3 heteroatoms. The van der Waals surface area contributed by atoms with E-state index >= 15 is 0 Å². The van der Waals surface area contributed by atoms with Crippen LogP contribution in [0, 0.1) is 29.6 Å². The number of hydrogen-bond donors (Lipinski definition) is 0. The van der Waals surface area contributed by atoms with Crippen LogP contribution in [0.3, 0.4) is 0 Å². The first-order chi connectivity index (χ1) is 7.09. The molecule has 0 N–H and O–H groups in total. The number of carbonyl (C=O) groups is 2. The van der Waals surface area contributed by atoms with E-state index in [9.17, 15) is 9.59 Å². The largest absolute Gasteiger partial charge is 0.285 e. The van der Waals surface area contributed by atoms with E-state index in [1.54, 1.807) is 7.05 Å². The van der Waals surface area contributed by atoms with E-state index in [2.05, 4.69) is 6.92 Å². The summed E-state index contributed by atoms with van der Waals surface area (Å²) < 4.78 is 0. The molecule has 4 atom stereocenters. The molecule has 3 nitrogen and oxygen atoms in total. The molecule has 3 rings (SSSR count). The van der Waals surface area contributed by atoms with Gasteiger partial charge >= 0.3 is 0 Å². The Hall–Kier alpha value is -0.860. The third kappa shape index (κ3) is 1.06. The Morgan fingerprint density at radius 3 is 1.93 bits per heavy atom. The first-order valence-electron chi connectivity index (χ1n) is 5.91. The zero-order valence-electron chi connectivity index (χ0n) is 9.27. The minimum Gasteiger partial charge on any atom is -0.285 e. The molecule has 1 aliphatic heterocycles. The van der Waals surface area contributed by atoms with Gasteiger partial charge in [-0.15, -0.1) is 0 Å². The third-order valence-corrected chi connectivity index (χ3v) is 4.65. The molecule has 1 heterocycles. The molecule has 82 valence electrons. The van der Waals surface area contributed by atoms with Crippen LogP contribution in [0.5, 0.6) is 0 Å². The SMILES string of the molecule is CC1CC2CC(C1)C1C(=O)N(C)C(=O)C21. The van der Waals surface area contributed by atoms with Crippen LogP contribution < -0.4 is 0 Å². The fourth-order valence-electron chi connectivity index (χ4n) is 4.15. The summed E-state index contributed by atoms with van der Waals surface area (Å²) in [5.74, 6) is 1.94. The summed E-state index contributed by atoms with van der Waals surface area (Å²) in [5.41, 5.74) is 0. The van der Waals surface area contributed by atoms with Gasteiger partial charge in [-0.25, -0.2) is 0 Å². The topological polar surface area (TPSA) is 37.4 Å². The molecular formula is C12H17NO2. The summed E-state index contributed by atoms with van der Waals surface area (Å²) in [5, 5.41) is 0. The number of amides is 2. The average Bonchev–Trinajstić information content (AvgIpc) is 2.57. The number of likely N-dealkylation sites (tertiary alicyclic amines) is 1. The van der Waals surface area contributed by atoms with Gasteiger partial charge in [-0.2, -0.15) is 0 Å². The van der Waals surface area contributed by atoms with Crippen LogP contribution in [0.1, 0.15) is 26.2 Å². The summed E-state index contributed by atoms with van der Waals surface area (Å²) >= 11 is 0. The van der Waals surface area contributed by atoms with Crippen LogP contribution >= 0.6 is 0 Å². The smallest absolute Gasteiger partial charge is 0.233 e.